The molecule has 0 aliphatic carbocycles. The number of hydrogen-bond donors (Lipinski definition) is 1. The second-order valence-electron chi connectivity index (χ2n) is 6.67. The lowest BCUT2D eigenvalue weighted by atomic mass is 9.95. The van der Waals surface area contributed by atoms with Crippen LogP contribution in [0.4, 0.5) is 0 Å². The van der Waals surface area contributed by atoms with E-state index in [9.17, 15) is 5.26 Å². The number of nitrogens with one attached hydrogen (secondary N) is 1. The van der Waals surface area contributed by atoms with E-state index in [0.29, 0.717) is 18.0 Å². The van der Waals surface area contributed by atoms with Gasteiger partial charge >= 0.3 is 0 Å². The highest BCUT2D eigenvalue weighted by atomic mass is 15.1. The molecule has 0 spiro atoms. The third-order valence-corrected chi connectivity index (χ3v) is 3.95. The Morgan fingerprint density at radius 1 is 1.16 bits per heavy atom. The van der Waals surface area contributed by atoms with Crippen LogP contribution in [0.3, 0.4) is 0 Å². The molecular formula is C16H33N3. The number of rotatable bonds is 9. The molecule has 0 aliphatic heterocycles. The van der Waals surface area contributed by atoms with Gasteiger partial charge in [0.25, 0.3) is 0 Å². The molecule has 2 atom stereocenters. The highest BCUT2D eigenvalue weighted by molar-refractivity contribution is 5.04. The van der Waals surface area contributed by atoms with Gasteiger partial charge in [0.1, 0.15) is 5.54 Å². The van der Waals surface area contributed by atoms with Crippen molar-refractivity contribution in [3.63, 3.8) is 0 Å². The van der Waals surface area contributed by atoms with Crippen LogP contribution in [0.2, 0.25) is 0 Å². The topological polar surface area (TPSA) is 39.1 Å². The van der Waals surface area contributed by atoms with E-state index in [4.69, 9.17) is 0 Å². The molecule has 1 N–H and O–H groups in total. The molecule has 0 aromatic heterocycles. The highest BCUT2D eigenvalue weighted by Gasteiger charge is 2.23. The molecule has 112 valence electrons. The molecular weight excluding hydrogens is 234 g/mol. The highest BCUT2D eigenvalue weighted by Crippen LogP contribution is 2.15. The molecule has 0 rings (SSSR count). The van der Waals surface area contributed by atoms with Gasteiger partial charge in [0.2, 0.25) is 0 Å². The predicted molar refractivity (Wildman–Crippen MR) is 83.1 cm³/mol. The summed E-state index contributed by atoms with van der Waals surface area (Å²) in [5.41, 5.74) is -0.379. The molecule has 0 aliphatic rings. The maximum Gasteiger partial charge on any atom is 0.104 e. The van der Waals surface area contributed by atoms with Crippen LogP contribution in [0.15, 0.2) is 0 Å². The fourth-order valence-electron chi connectivity index (χ4n) is 2.35. The van der Waals surface area contributed by atoms with E-state index in [1.165, 1.54) is 0 Å². The summed E-state index contributed by atoms with van der Waals surface area (Å²) in [6.45, 7) is 14.1. The second-order valence-corrected chi connectivity index (χ2v) is 6.67. The Hall–Kier alpha value is -0.590. The second kappa shape index (κ2) is 8.55. The van der Waals surface area contributed by atoms with E-state index in [1.807, 2.05) is 6.92 Å². The van der Waals surface area contributed by atoms with Crippen LogP contribution in [0.1, 0.15) is 60.8 Å². The van der Waals surface area contributed by atoms with Crippen LogP contribution in [-0.4, -0.2) is 36.1 Å². The molecule has 3 heteroatoms. The molecule has 0 aromatic rings. The Labute approximate surface area is 120 Å². The summed E-state index contributed by atoms with van der Waals surface area (Å²) in [6, 6.07) is 3.39. The van der Waals surface area contributed by atoms with Gasteiger partial charge in [-0.05, 0) is 66.5 Å². The molecule has 2 unspecified atom stereocenters. The van der Waals surface area contributed by atoms with Crippen molar-refractivity contribution in [2.45, 2.75) is 78.4 Å². The number of unbranched alkanes of at least 4 members (excludes halogenated alkanes) is 1. The van der Waals surface area contributed by atoms with Gasteiger partial charge in [-0.25, -0.2) is 0 Å². The van der Waals surface area contributed by atoms with Crippen LogP contribution in [-0.2, 0) is 0 Å². The first-order valence-corrected chi connectivity index (χ1v) is 7.61. The van der Waals surface area contributed by atoms with Crippen molar-refractivity contribution >= 4 is 0 Å². The Kier molecular flexibility index (Phi) is 8.29. The third kappa shape index (κ3) is 7.54. The molecule has 0 fully saturated rings. The first-order chi connectivity index (χ1) is 8.72. The average molecular weight is 267 g/mol. The fourth-order valence-corrected chi connectivity index (χ4v) is 2.35. The molecule has 0 saturated heterocycles. The summed E-state index contributed by atoms with van der Waals surface area (Å²) in [7, 11) is 2.19. The monoisotopic (exact) mass is 267 g/mol. The van der Waals surface area contributed by atoms with Gasteiger partial charge in [-0.1, -0.05) is 13.8 Å². The quantitative estimate of drug-likeness (QED) is 0.651. The summed E-state index contributed by atoms with van der Waals surface area (Å²) in [4.78, 5) is 2.42. The van der Waals surface area contributed by atoms with Gasteiger partial charge in [0, 0.05) is 12.1 Å². The summed E-state index contributed by atoms with van der Waals surface area (Å²) >= 11 is 0. The lowest BCUT2D eigenvalue weighted by Gasteiger charge is -2.29. The van der Waals surface area contributed by atoms with Crippen LogP contribution in [0.5, 0.6) is 0 Å². The van der Waals surface area contributed by atoms with E-state index in [-0.39, 0.29) is 5.54 Å². The van der Waals surface area contributed by atoms with Crippen molar-refractivity contribution in [2.75, 3.05) is 13.6 Å². The van der Waals surface area contributed by atoms with Crippen molar-refractivity contribution in [1.82, 2.24) is 10.2 Å². The minimum atomic E-state index is -0.379. The SMILES string of the molecule is CC(C)NC(C)(C#N)CCCCN(C)C(C)C(C)C. The smallest absolute Gasteiger partial charge is 0.104 e. The van der Waals surface area contributed by atoms with E-state index >= 15 is 0 Å². The van der Waals surface area contributed by atoms with E-state index < -0.39 is 0 Å². The Balaban J connectivity index is 4.00. The van der Waals surface area contributed by atoms with Gasteiger partial charge in [0.15, 0.2) is 0 Å². The van der Waals surface area contributed by atoms with Gasteiger partial charge in [0.05, 0.1) is 6.07 Å². The van der Waals surface area contributed by atoms with Gasteiger partial charge < -0.3 is 4.90 Å². The zero-order chi connectivity index (χ0) is 15.1. The van der Waals surface area contributed by atoms with Crippen molar-refractivity contribution < 1.29 is 0 Å². The largest absolute Gasteiger partial charge is 0.303 e. The zero-order valence-corrected chi connectivity index (χ0v) is 14.0. The summed E-state index contributed by atoms with van der Waals surface area (Å²) in [5.74, 6) is 0.692. The summed E-state index contributed by atoms with van der Waals surface area (Å²) in [6.07, 6.45) is 3.18. The fraction of sp³-hybridized carbons (Fsp3) is 0.938. The Bertz CT molecular complexity index is 280. The first-order valence-electron chi connectivity index (χ1n) is 7.61. The van der Waals surface area contributed by atoms with Gasteiger partial charge in [-0.15, -0.1) is 0 Å². The summed E-state index contributed by atoms with van der Waals surface area (Å²) in [5, 5.41) is 12.6. The first kappa shape index (κ1) is 18.4. The van der Waals surface area contributed by atoms with Crippen LogP contribution >= 0.6 is 0 Å². The molecule has 0 bridgehead atoms. The van der Waals surface area contributed by atoms with Crippen molar-refractivity contribution in [3.8, 4) is 6.07 Å². The summed E-state index contributed by atoms with van der Waals surface area (Å²) < 4.78 is 0. The lowest BCUT2D eigenvalue weighted by molar-refractivity contribution is 0.202. The standard InChI is InChI=1S/C16H33N3/c1-13(2)15(5)19(7)11-9-8-10-16(6,12-17)18-14(3)4/h13-15,18H,8-11H2,1-7H3. The van der Waals surface area contributed by atoms with Crippen molar-refractivity contribution in [3.05, 3.63) is 0 Å². The maximum atomic E-state index is 9.28. The van der Waals surface area contributed by atoms with Gasteiger partial charge in [-0.2, -0.15) is 5.26 Å². The van der Waals surface area contributed by atoms with E-state index in [0.717, 1.165) is 25.8 Å². The van der Waals surface area contributed by atoms with Gasteiger partial charge in [-0.3, -0.25) is 5.32 Å². The minimum absolute atomic E-state index is 0.355. The van der Waals surface area contributed by atoms with Crippen LogP contribution < -0.4 is 5.32 Å². The lowest BCUT2D eigenvalue weighted by Crippen LogP contribution is -2.45. The van der Waals surface area contributed by atoms with Crippen LogP contribution in [0.25, 0.3) is 0 Å². The van der Waals surface area contributed by atoms with Crippen molar-refractivity contribution in [1.29, 1.82) is 5.26 Å². The third-order valence-electron chi connectivity index (χ3n) is 3.95. The Morgan fingerprint density at radius 3 is 2.16 bits per heavy atom. The van der Waals surface area contributed by atoms with Crippen LogP contribution in [0, 0.1) is 17.2 Å². The molecule has 19 heavy (non-hydrogen) atoms. The maximum absolute atomic E-state index is 9.28. The Morgan fingerprint density at radius 2 is 1.74 bits per heavy atom. The normalized spacial score (nSPS) is 16.7. The van der Waals surface area contributed by atoms with E-state index in [1.54, 1.807) is 0 Å². The molecule has 3 nitrogen and oxygen atoms in total. The zero-order valence-electron chi connectivity index (χ0n) is 14.0. The number of nitrogens with zero attached hydrogens (tertiary/aromatic N) is 2. The minimum Gasteiger partial charge on any atom is -0.303 e. The number of nitriles is 1. The molecule has 0 aromatic carbocycles. The molecule has 0 amide bonds. The number of hydrogen-bond acceptors (Lipinski definition) is 3. The average Bonchev–Trinajstić information content (AvgIpc) is 2.32. The molecule has 0 saturated carbocycles. The molecule has 0 heterocycles. The molecule has 0 radical (unpaired) electrons. The predicted octanol–water partition coefficient (Wildman–Crippen LogP) is 3.41. The van der Waals surface area contributed by atoms with E-state index in [2.05, 4.69) is 58.0 Å². The van der Waals surface area contributed by atoms with Crippen molar-refractivity contribution in [2.24, 2.45) is 5.92 Å².